The van der Waals surface area contributed by atoms with E-state index in [0.717, 1.165) is 77.5 Å². The Morgan fingerprint density at radius 3 is 2.41 bits per heavy atom. The number of para-hydroxylation sites is 1. The molecule has 0 spiro atoms. The molecule has 41 heavy (non-hydrogen) atoms. The summed E-state index contributed by atoms with van der Waals surface area (Å²) in [5.74, 6) is -0.584. The molecule has 0 aliphatic carbocycles. The van der Waals surface area contributed by atoms with Gasteiger partial charge in [-0.15, -0.1) is 0 Å². The third-order valence-electron chi connectivity index (χ3n) is 8.56. The number of hydrogen-bond donors (Lipinski definition) is 1. The molecular weight excluding hydrogens is 514 g/mol. The molecule has 3 aromatic rings. The van der Waals surface area contributed by atoms with Crippen LogP contribution in [0.4, 0.5) is 0 Å². The summed E-state index contributed by atoms with van der Waals surface area (Å²) in [6.07, 6.45) is 3.83. The summed E-state index contributed by atoms with van der Waals surface area (Å²) in [6, 6.07) is 18.4. The monoisotopic (exact) mass is 558 g/mol. The first-order valence-electron chi connectivity index (χ1n) is 15.1. The first kappa shape index (κ1) is 29.2. The number of fused-ring (bicyclic) bond motifs is 1. The fourth-order valence-electron chi connectivity index (χ4n) is 6.80. The SMILES string of the molecule is CCOC(=O)C1CCC[N+](Cc2c(-c3ccccc3)nc3ccccc3c2C(=O)OC(C)(C)C)(C2CCNCC2)C1. The van der Waals surface area contributed by atoms with E-state index in [9.17, 15) is 9.59 Å². The van der Waals surface area contributed by atoms with Gasteiger partial charge in [0, 0.05) is 42.4 Å². The van der Waals surface area contributed by atoms with Gasteiger partial charge in [0.15, 0.2) is 0 Å². The van der Waals surface area contributed by atoms with Crippen molar-refractivity contribution in [3.8, 4) is 11.3 Å². The van der Waals surface area contributed by atoms with Gasteiger partial charge in [-0.1, -0.05) is 48.5 Å². The summed E-state index contributed by atoms with van der Waals surface area (Å²) in [6.45, 7) is 12.2. The Morgan fingerprint density at radius 2 is 1.71 bits per heavy atom. The van der Waals surface area contributed by atoms with Crippen LogP contribution in [-0.2, 0) is 20.8 Å². The highest BCUT2D eigenvalue weighted by Crippen LogP contribution is 2.39. The number of nitrogens with one attached hydrogen (secondary N) is 1. The minimum atomic E-state index is -0.646. The van der Waals surface area contributed by atoms with E-state index in [4.69, 9.17) is 14.5 Å². The van der Waals surface area contributed by atoms with E-state index < -0.39 is 5.60 Å². The van der Waals surface area contributed by atoms with Crippen LogP contribution in [0.2, 0.25) is 0 Å². The standard InChI is InChI=1S/C34H44N3O4/c1-5-40-32(38)25-14-11-21-37(22-25,26-17-19-35-20-18-26)23-28-30(33(39)41-34(2,3)4)27-15-9-10-16-29(27)36-31(28)24-12-7-6-8-13-24/h6-10,12-13,15-16,25-26,35H,5,11,14,17-23H2,1-4H3/q+1. The van der Waals surface area contributed by atoms with Crippen molar-refractivity contribution in [2.45, 2.75) is 71.6 Å². The molecule has 218 valence electrons. The van der Waals surface area contributed by atoms with E-state index in [0.29, 0.717) is 31.3 Å². The number of hydrogen-bond acceptors (Lipinski definition) is 6. The van der Waals surface area contributed by atoms with Crippen molar-refractivity contribution in [3.05, 3.63) is 65.7 Å². The molecule has 2 saturated heterocycles. The zero-order valence-corrected chi connectivity index (χ0v) is 24.9. The van der Waals surface area contributed by atoms with E-state index in [1.165, 1.54) is 0 Å². The van der Waals surface area contributed by atoms with Gasteiger partial charge in [0.2, 0.25) is 0 Å². The third-order valence-corrected chi connectivity index (χ3v) is 8.56. The average Bonchev–Trinajstić information content (AvgIpc) is 2.97. The van der Waals surface area contributed by atoms with Gasteiger partial charge in [0.25, 0.3) is 0 Å². The summed E-state index contributed by atoms with van der Waals surface area (Å²) in [7, 11) is 0. The van der Waals surface area contributed by atoms with Gasteiger partial charge in [-0.05, 0) is 46.6 Å². The lowest BCUT2D eigenvalue weighted by Crippen LogP contribution is -2.62. The predicted octanol–water partition coefficient (Wildman–Crippen LogP) is 5.90. The van der Waals surface area contributed by atoms with Crippen molar-refractivity contribution in [2.75, 3.05) is 32.8 Å². The highest BCUT2D eigenvalue weighted by Gasteiger charge is 2.46. The smallest absolute Gasteiger partial charge is 0.339 e. The number of pyridine rings is 1. The van der Waals surface area contributed by atoms with E-state index in [2.05, 4.69) is 17.4 Å². The number of carbonyl (C=O) groups excluding carboxylic acids is 2. The molecule has 1 N–H and O–H groups in total. The minimum Gasteiger partial charge on any atom is -0.466 e. The van der Waals surface area contributed by atoms with Crippen LogP contribution < -0.4 is 5.32 Å². The lowest BCUT2D eigenvalue weighted by molar-refractivity contribution is -0.970. The number of carbonyl (C=O) groups is 2. The highest BCUT2D eigenvalue weighted by atomic mass is 16.6. The largest absolute Gasteiger partial charge is 0.466 e. The lowest BCUT2D eigenvalue weighted by atomic mass is 9.87. The van der Waals surface area contributed by atoms with Crippen molar-refractivity contribution in [1.29, 1.82) is 0 Å². The molecule has 0 saturated carbocycles. The minimum absolute atomic E-state index is 0.101. The molecule has 2 aliphatic heterocycles. The maximum Gasteiger partial charge on any atom is 0.339 e. The Balaban J connectivity index is 1.72. The first-order valence-corrected chi connectivity index (χ1v) is 15.1. The second-order valence-electron chi connectivity index (χ2n) is 12.6. The number of aromatic nitrogens is 1. The molecule has 7 heteroatoms. The van der Waals surface area contributed by atoms with Crippen molar-refractivity contribution in [3.63, 3.8) is 0 Å². The van der Waals surface area contributed by atoms with Gasteiger partial charge >= 0.3 is 11.9 Å². The Kier molecular flexibility index (Phi) is 8.76. The van der Waals surface area contributed by atoms with Crippen molar-refractivity contribution in [2.24, 2.45) is 5.92 Å². The van der Waals surface area contributed by atoms with Crippen LogP contribution in [0, 0.1) is 5.92 Å². The van der Waals surface area contributed by atoms with Crippen LogP contribution in [0.3, 0.4) is 0 Å². The number of quaternary nitrogens is 1. The van der Waals surface area contributed by atoms with Crippen molar-refractivity contribution in [1.82, 2.24) is 10.3 Å². The highest BCUT2D eigenvalue weighted by molar-refractivity contribution is 6.06. The van der Waals surface area contributed by atoms with E-state index >= 15 is 0 Å². The normalized spacial score (nSPS) is 21.9. The molecule has 0 radical (unpaired) electrons. The van der Waals surface area contributed by atoms with E-state index in [-0.39, 0.29) is 17.9 Å². The first-order chi connectivity index (χ1) is 19.7. The third kappa shape index (κ3) is 6.47. The molecule has 2 unspecified atom stereocenters. The molecule has 2 aromatic carbocycles. The summed E-state index contributed by atoms with van der Waals surface area (Å²) < 4.78 is 12.3. The molecular formula is C34H44N3O4+. The molecule has 3 heterocycles. The molecule has 7 nitrogen and oxygen atoms in total. The summed E-state index contributed by atoms with van der Waals surface area (Å²) >= 11 is 0. The van der Waals surface area contributed by atoms with Gasteiger partial charge in [-0.2, -0.15) is 0 Å². The van der Waals surface area contributed by atoms with Gasteiger partial charge in [-0.25, -0.2) is 9.78 Å². The van der Waals surface area contributed by atoms with Gasteiger partial charge in [0.1, 0.15) is 18.1 Å². The van der Waals surface area contributed by atoms with Gasteiger partial charge in [0.05, 0.1) is 42.5 Å². The zero-order chi connectivity index (χ0) is 29.0. The second kappa shape index (κ2) is 12.3. The second-order valence-corrected chi connectivity index (χ2v) is 12.6. The average molecular weight is 559 g/mol. The van der Waals surface area contributed by atoms with Crippen molar-refractivity contribution >= 4 is 22.8 Å². The van der Waals surface area contributed by atoms with Crippen molar-refractivity contribution < 1.29 is 23.5 Å². The van der Waals surface area contributed by atoms with Crippen LogP contribution in [0.25, 0.3) is 22.2 Å². The summed E-state index contributed by atoms with van der Waals surface area (Å²) in [5.41, 5.74) is 3.41. The zero-order valence-electron chi connectivity index (χ0n) is 24.9. The quantitative estimate of drug-likeness (QED) is 0.287. The Bertz CT molecular complexity index is 1380. The number of benzene rings is 2. The molecule has 0 amide bonds. The molecule has 2 atom stereocenters. The number of esters is 2. The molecule has 2 fully saturated rings. The Labute approximate surface area is 243 Å². The number of likely N-dealkylation sites (tertiary alicyclic amines) is 1. The number of nitrogens with zero attached hydrogens (tertiary/aromatic N) is 2. The summed E-state index contributed by atoms with van der Waals surface area (Å²) in [5, 5.41) is 4.32. The molecule has 5 rings (SSSR count). The fourth-order valence-corrected chi connectivity index (χ4v) is 6.80. The topological polar surface area (TPSA) is 77.5 Å². The Hall–Kier alpha value is -3.29. The van der Waals surface area contributed by atoms with E-state index in [1.54, 1.807) is 0 Å². The summed E-state index contributed by atoms with van der Waals surface area (Å²) in [4.78, 5) is 32.4. The maximum absolute atomic E-state index is 14.1. The van der Waals surface area contributed by atoms with E-state index in [1.807, 2.05) is 70.2 Å². The van der Waals surface area contributed by atoms with Crippen LogP contribution in [0.5, 0.6) is 0 Å². The molecule has 0 bridgehead atoms. The number of rotatable bonds is 7. The molecule has 2 aliphatic rings. The lowest BCUT2D eigenvalue weighted by Gasteiger charge is -2.50. The van der Waals surface area contributed by atoms with Gasteiger partial charge < -0.3 is 19.3 Å². The van der Waals surface area contributed by atoms with Crippen LogP contribution in [0.15, 0.2) is 54.6 Å². The predicted molar refractivity (Wildman–Crippen MR) is 161 cm³/mol. The van der Waals surface area contributed by atoms with Gasteiger partial charge in [-0.3, -0.25) is 4.79 Å². The number of ether oxygens (including phenoxy) is 2. The van der Waals surface area contributed by atoms with Crippen LogP contribution in [0.1, 0.15) is 69.3 Å². The number of piperidine rings is 2. The van der Waals surface area contributed by atoms with Crippen LogP contribution in [-0.4, -0.2) is 65.8 Å². The Morgan fingerprint density at radius 1 is 1.00 bits per heavy atom. The van der Waals surface area contributed by atoms with Crippen LogP contribution >= 0.6 is 0 Å². The molecule has 1 aromatic heterocycles. The fraction of sp³-hybridized carbons (Fsp3) is 0.500. The maximum atomic E-state index is 14.1.